The molecule has 1 rings (SSSR count). The maximum atomic E-state index is 6.23. The van der Waals surface area contributed by atoms with Gasteiger partial charge in [0.05, 0.1) is 14.2 Å². The maximum Gasteiger partial charge on any atom is 0.162 e. The zero-order valence-corrected chi connectivity index (χ0v) is 12.3. The molecule has 0 saturated heterocycles. The number of ether oxygens (including phenoxy) is 2. The highest BCUT2D eigenvalue weighted by Crippen LogP contribution is 2.36. The lowest BCUT2D eigenvalue weighted by molar-refractivity contribution is 0.354. The van der Waals surface area contributed by atoms with Crippen molar-refractivity contribution in [2.24, 2.45) is 11.7 Å². The first kappa shape index (κ1) is 15.1. The molecule has 2 N–H and O–H groups in total. The fraction of sp³-hybridized carbons (Fsp3) is 0.571. The molecule has 1 aromatic rings. The second kappa shape index (κ2) is 6.86. The highest BCUT2D eigenvalue weighted by atomic mass is 35.5. The van der Waals surface area contributed by atoms with Gasteiger partial charge in [0.25, 0.3) is 0 Å². The van der Waals surface area contributed by atoms with Gasteiger partial charge in [-0.15, -0.1) is 0 Å². The average molecular weight is 272 g/mol. The summed E-state index contributed by atoms with van der Waals surface area (Å²) in [4.78, 5) is 0. The van der Waals surface area contributed by atoms with Crippen molar-refractivity contribution in [1.29, 1.82) is 0 Å². The van der Waals surface area contributed by atoms with Gasteiger partial charge >= 0.3 is 0 Å². The van der Waals surface area contributed by atoms with Gasteiger partial charge in [-0.1, -0.05) is 25.4 Å². The van der Waals surface area contributed by atoms with E-state index in [1.165, 1.54) is 0 Å². The van der Waals surface area contributed by atoms with E-state index in [1.807, 2.05) is 6.07 Å². The third-order valence-corrected chi connectivity index (χ3v) is 3.28. The molecule has 0 saturated carbocycles. The van der Waals surface area contributed by atoms with Crippen LogP contribution in [0.1, 0.15) is 38.3 Å². The maximum absolute atomic E-state index is 6.23. The number of hydrogen-bond donors (Lipinski definition) is 1. The summed E-state index contributed by atoms with van der Waals surface area (Å²) in [5, 5.41) is 0.629. The Bertz CT molecular complexity index is 394. The van der Waals surface area contributed by atoms with Gasteiger partial charge in [0.2, 0.25) is 0 Å². The van der Waals surface area contributed by atoms with Crippen molar-refractivity contribution in [1.82, 2.24) is 0 Å². The lowest BCUT2D eigenvalue weighted by Gasteiger charge is -2.17. The molecular formula is C14H22ClNO2. The number of rotatable bonds is 6. The van der Waals surface area contributed by atoms with Crippen molar-refractivity contribution in [3.05, 3.63) is 22.7 Å². The molecule has 0 amide bonds. The van der Waals surface area contributed by atoms with E-state index in [4.69, 9.17) is 26.8 Å². The minimum absolute atomic E-state index is 0.0697. The summed E-state index contributed by atoms with van der Waals surface area (Å²) in [5.41, 5.74) is 7.09. The molecule has 0 fully saturated rings. The number of methoxy groups -OCH3 is 2. The largest absolute Gasteiger partial charge is 0.493 e. The van der Waals surface area contributed by atoms with Gasteiger partial charge in [-0.2, -0.15) is 0 Å². The van der Waals surface area contributed by atoms with Crippen molar-refractivity contribution in [2.75, 3.05) is 14.2 Å². The molecule has 0 bridgehead atoms. The van der Waals surface area contributed by atoms with Crippen LogP contribution in [0.25, 0.3) is 0 Å². The molecule has 4 heteroatoms. The Morgan fingerprint density at radius 2 is 1.67 bits per heavy atom. The topological polar surface area (TPSA) is 44.5 Å². The molecule has 0 aliphatic heterocycles. The van der Waals surface area contributed by atoms with E-state index in [0.29, 0.717) is 22.4 Å². The van der Waals surface area contributed by atoms with Crippen molar-refractivity contribution < 1.29 is 9.47 Å². The van der Waals surface area contributed by atoms with Crippen molar-refractivity contribution in [3.63, 3.8) is 0 Å². The molecule has 0 spiro atoms. The smallest absolute Gasteiger partial charge is 0.162 e. The predicted octanol–water partition coefficient (Wildman–Crippen LogP) is 3.79. The van der Waals surface area contributed by atoms with Gasteiger partial charge in [0.1, 0.15) is 0 Å². The summed E-state index contributed by atoms with van der Waals surface area (Å²) in [6.45, 7) is 4.37. The molecule has 102 valence electrons. The second-order valence-corrected chi connectivity index (χ2v) is 5.21. The highest BCUT2D eigenvalue weighted by molar-refractivity contribution is 6.31. The van der Waals surface area contributed by atoms with E-state index in [-0.39, 0.29) is 6.04 Å². The summed E-state index contributed by atoms with van der Waals surface area (Å²) in [6.07, 6.45) is 1.98. The summed E-state index contributed by atoms with van der Waals surface area (Å²) in [6, 6.07) is 3.55. The third-order valence-electron chi connectivity index (χ3n) is 2.96. The van der Waals surface area contributed by atoms with Crippen molar-refractivity contribution in [3.8, 4) is 11.5 Å². The fourth-order valence-corrected chi connectivity index (χ4v) is 2.12. The van der Waals surface area contributed by atoms with Crippen LogP contribution in [0.15, 0.2) is 12.1 Å². The molecule has 0 radical (unpaired) electrons. The first-order valence-electron chi connectivity index (χ1n) is 6.16. The van der Waals surface area contributed by atoms with E-state index in [2.05, 4.69) is 13.8 Å². The lowest BCUT2D eigenvalue weighted by atomic mass is 9.98. The lowest BCUT2D eigenvalue weighted by Crippen LogP contribution is -2.12. The first-order valence-corrected chi connectivity index (χ1v) is 6.54. The van der Waals surface area contributed by atoms with Crippen LogP contribution < -0.4 is 15.2 Å². The van der Waals surface area contributed by atoms with E-state index >= 15 is 0 Å². The Hall–Kier alpha value is -0.930. The normalized spacial score (nSPS) is 12.6. The SMILES string of the molecule is COc1cc(Cl)c(C(N)CCC(C)C)cc1OC. The minimum atomic E-state index is -0.0697. The summed E-state index contributed by atoms with van der Waals surface area (Å²) < 4.78 is 10.5. The Labute approximate surface area is 114 Å². The molecule has 0 aliphatic rings. The Balaban J connectivity index is 2.94. The van der Waals surface area contributed by atoms with Crippen LogP contribution in [0.3, 0.4) is 0 Å². The summed E-state index contributed by atoms with van der Waals surface area (Å²) >= 11 is 6.23. The van der Waals surface area contributed by atoms with Crippen LogP contribution in [0.5, 0.6) is 11.5 Å². The van der Waals surface area contributed by atoms with Crippen LogP contribution in [0.4, 0.5) is 0 Å². The quantitative estimate of drug-likeness (QED) is 0.856. The second-order valence-electron chi connectivity index (χ2n) is 4.81. The van der Waals surface area contributed by atoms with Gasteiger partial charge < -0.3 is 15.2 Å². The Morgan fingerprint density at radius 3 is 2.17 bits per heavy atom. The third kappa shape index (κ3) is 3.79. The molecule has 0 aliphatic carbocycles. The van der Waals surface area contributed by atoms with Gasteiger partial charge in [0, 0.05) is 17.1 Å². The van der Waals surface area contributed by atoms with Gasteiger partial charge in [0.15, 0.2) is 11.5 Å². The number of benzene rings is 1. The van der Waals surface area contributed by atoms with Gasteiger partial charge in [-0.25, -0.2) is 0 Å². The molecule has 0 heterocycles. The summed E-state index contributed by atoms with van der Waals surface area (Å²) in [7, 11) is 3.20. The predicted molar refractivity (Wildman–Crippen MR) is 75.6 cm³/mol. The van der Waals surface area contributed by atoms with Gasteiger partial charge in [-0.05, 0) is 30.4 Å². The molecule has 18 heavy (non-hydrogen) atoms. The molecule has 1 unspecified atom stereocenters. The van der Waals surface area contributed by atoms with E-state index < -0.39 is 0 Å². The van der Waals surface area contributed by atoms with Crippen LogP contribution in [0, 0.1) is 5.92 Å². The zero-order chi connectivity index (χ0) is 13.7. The number of halogens is 1. The molecule has 3 nitrogen and oxygen atoms in total. The molecular weight excluding hydrogens is 250 g/mol. The number of nitrogens with two attached hydrogens (primary N) is 1. The number of hydrogen-bond acceptors (Lipinski definition) is 3. The Kier molecular flexibility index (Phi) is 5.76. The zero-order valence-electron chi connectivity index (χ0n) is 11.5. The van der Waals surface area contributed by atoms with Crippen molar-refractivity contribution >= 4 is 11.6 Å². The Morgan fingerprint density at radius 1 is 1.11 bits per heavy atom. The van der Waals surface area contributed by atoms with Crippen LogP contribution in [0.2, 0.25) is 5.02 Å². The molecule has 1 aromatic carbocycles. The average Bonchev–Trinajstić information content (AvgIpc) is 2.35. The van der Waals surface area contributed by atoms with E-state index in [0.717, 1.165) is 18.4 Å². The van der Waals surface area contributed by atoms with E-state index in [1.54, 1.807) is 20.3 Å². The summed E-state index contributed by atoms with van der Waals surface area (Å²) in [5.74, 6) is 1.93. The standard InChI is InChI=1S/C14H22ClNO2/c1-9(2)5-6-12(16)10-7-13(17-3)14(18-4)8-11(10)15/h7-9,12H,5-6,16H2,1-4H3. The minimum Gasteiger partial charge on any atom is -0.493 e. The van der Waals surface area contributed by atoms with Gasteiger partial charge in [-0.3, -0.25) is 0 Å². The molecule has 1 atom stereocenters. The monoisotopic (exact) mass is 271 g/mol. The first-order chi connectivity index (χ1) is 8.49. The van der Waals surface area contributed by atoms with E-state index in [9.17, 15) is 0 Å². The highest BCUT2D eigenvalue weighted by Gasteiger charge is 2.15. The fourth-order valence-electron chi connectivity index (χ4n) is 1.82. The van der Waals surface area contributed by atoms with Crippen LogP contribution in [-0.2, 0) is 0 Å². The molecule has 0 aromatic heterocycles. The van der Waals surface area contributed by atoms with Crippen molar-refractivity contribution in [2.45, 2.75) is 32.7 Å². The van der Waals surface area contributed by atoms with Crippen LogP contribution >= 0.6 is 11.6 Å². The van der Waals surface area contributed by atoms with Crippen LogP contribution in [-0.4, -0.2) is 14.2 Å².